The van der Waals surface area contributed by atoms with E-state index in [4.69, 9.17) is 11.6 Å². The minimum Gasteiger partial charge on any atom is -0.352 e. The van der Waals surface area contributed by atoms with Gasteiger partial charge < -0.3 is 5.32 Å². The number of benzene rings is 2. The van der Waals surface area contributed by atoms with Crippen LogP contribution in [0.5, 0.6) is 0 Å². The summed E-state index contributed by atoms with van der Waals surface area (Å²) in [7, 11) is -3.67. The van der Waals surface area contributed by atoms with Crippen LogP contribution in [-0.2, 0) is 16.4 Å². The summed E-state index contributed by atoms with van der Waals surface area (Å²) in [5.41, 5.74) is 1.31. The van der Waals surface area contributed by atoms with Gasteiger partial charge in [-0.3, -0.25) is 4.79 Å². The second kappa shape index (κ2) is 8.99. The Bertz CT molecular complexity index is 820. The van der Waals surface area contributed by atoms with E-state index in [1.165, 1.54) is 12.1 Å². The van der Waals surface area contributed by atoms with Crippen molar-refractivity contribution in [3.05, 3.63) is 64.7 Å². The summed E-state index contributed by atoms with van der Waals surface area (Å²) in [5, 5.41) is 3.37. The van der Waals surface area contributed by atoms with E-state index in [1.54, 1.807) is 24.3 Å². The van der Waals surface area contributed by atoms with Gasteiger partial charge in [0.05, 0.1) is 4.90 Å². The van der Waals surface area contributed by atoms with Gasteiger partial charge in [-0.25, -0.2) is 13.1 Å². The molecule has 2 aromatic rings. The number of hydrogen-bond acceptors (Lipinski definition) is 3. The van der Waals surface area contributed by atoms with Gasteiger partial charge in [-0.15, -0.1) is 0 Å². The molecule has 1 amide bonds. The third-order valence-electron chi connectivity index (χ3n) is 3.56. The van der Waals surface area contributed by atoms with Gasteiger partial charge in [-0.2, -0.15) is 0 Å². The van der Waals surface area contributed by atoms with E-state index >= 15 is 0 Å². The van der Waals surface area contributed by atoms with Crippen LogP contribution in [0.4, 0.5) is 0 Å². The quantitative estimate of drug-likeness (QED) is 0.739. The highest BCUT2D eigenvalue weighted by Crippen LogP contribution is 2.13. The van der Waals surface area contributed by atoms with Crippen molar-refractivity contribution in [2.45, 2.75) is 24.7 Å². The van der Waals surface area contributed by atoms with Crippen LogP contribution in [-0.4, -0.2) is 27.4 Å². The Labute approximate surface area is 153 Å². The van der Waals surface area contributed by atoms with Gasteiger partial charge in [0.2, 0.25) is 10.0 Å². The van der Waals surface area contributed by atoms with Crippen molar-refractivity contribution in [3.63, 3.8) is 0 Å². The van der Waals surface area contributed by atoms with Crippen molar-refractivity contribution in [2.75, 3.05) is 13.1 Å². The molecule has 5 nitrogen and oxygen atoms in total. The maximum atomic E-state index is 12.4. The third kappa shape index (κ3) is 5.85. The zero-order valence-electron chi connectivity index (χ0n) is 14.0. The first-order valence-corrected chi connectivity index (χ1v) is 9.91. The van der Waals surface area contributed by atoms with Crippen molar-refractivity contribution >= 4 is 27.5 Å². The minimum absolute atomic E-state index is 0.0766. The van der Waals surface area contributed by atoms with E-state index in [9.17, 15) is 13.2 Å². The predicted octanol–water partition coefficient (Wildman–Crippen LogP) is 3.00. The van der Waals surface area contributed by atoms with E-state index in [0.717, 1.165) is 12.0 Å². The fourth-order valence-electron chi connectivity index (χ4n) is 2.21. The lowest BCUT2D eigenvalue weighted by Gasteiger charge is -2.09. The SMILES string of the molecule is CCCNC(=O)c1cccc(S(=O)(=O)NCCc2ccc(Cl)cc2)c1. The molecular weight excluding hydrogens is 360 g/mol. The minimum atomic E-state index is -3.67. The van der Waals surface area contributed by atoms with Crippen LogP contribution in [0, 0.1) is 0 Å². The van der Waals surface area contributed by atoms with Crippen molar-refractivity contribution < 1.29 is 13.2 Å². The summed E-state index contributed by atoms with van der Waals surface area (Å²) < 4.78 is 27.4. The molecule has 2 rings (SSSR count). The highest BCUT2D eigenvalue weighted by molar-refractivity contribution is 7.89. The van der Waals surface area contributed by atoms with E-state index in [0.29, 0.717) is 23.6 Å². The molecule has 0 aromatic heterocycles. The Morgan fingerprint density at radius 3 is 2.48 bits per heavy atom. The van der Waals surface area contributed by atoms with Crippen molar-refractivity contribution in [3.8, 4) is 0 Å². The smallest absolute Gasteiger partial charge is 0.251 e. The molecule has 25 heavy (non-hydrogen) atoms. The number of rotatable bonds is 8. The molecule has 2 N–H and O–H groups in total. The lowest BCUT2D eigenvalue weighted by molar-refractivity contribution is 0.0953. The summed E-state index contributed by atoms with van der Waals surface area (Å²) in [5.74, 6) is -0.278. The molecule has 0 saturated carbocycles. The largest absolute Gasteiger partial charge is 0.352 e. The van der Waals surface area contributed by atoms with Crippen LogP contribution in [0.25, 0.3) is 0 Å². The second-order valence-corrected chi connectivity index (χ2v) is 7.76. The monoisotopic (exact) mass is 380 g/mol. The molecule has 0 spiro atoms. The third-order valence-corrected chi connectivity index (χ3v) is 5.27. The lowest BCUT2D eigenvalue weighted by Crippen LogP contribution is -2.27. The average Bonchev–Trinajstić information content (AvgIpc) is 2.61. The standard InChI is InChI=1S/C18H21ClN2O3S/c1-2-11-20-18(22)15-4-3-5-17(13-15)25(23,24)21-12-10-14-6-8-16(19)9-7-14/h3-9,13,21H,2,10-12H2,1H3,(H,20,22). The molecule has 0 bridgehead atoms. The number of carbonyl (C=O) groups excluding carboxylic acids is 1. The number of amides is 1. The summed E-state index contributed by atoms with van der Waals surface area (Å²) in [4.78, 5) is 12.0. The van der Waals surface area contributed by atoms with Crippen molar-refractivity contribution in [1.29, 1.82) is 0 Å². The molecule has 2 aromatic carbocycles. The maximum absolute atomic E-state index is 12.4. The lowest BCUT2D eigenvalue weighted by atomic mass is 10.2. The molecular formula is C18H21ClN2O3S. The van der Waals surface area contributed by atoms with Gasteiger partial charge in [0.15, 0.2) is 0 Å². The summed E-state index contributed by atoms with van der Waals surface area (Å²) in [6, 6.07) is 13.3. The van der Waals surface area contributed by atoms with Crippen molar-refractivity contribution in [1.82, 2.24) is 10.0 Å². The number of hydrogen-bond donors (Lipinski definition) is 2. The van der Waals surface area contributed by atoms with Gasteiger partial charge in [-0.05, 0) is 48.7 Å². The average molecular weight is 381 g/mol. The molecule has 134 valence electrons. The summed E-state index contributed by atoms with van der Waals surface area (Å²) in [6.45, 7) is 2.76. The summed E-state index contributed by atoms with van der Waals surface area (Å²) >= 11 is 5.83. The predicted molar refractivity (Wildman–Crippen MR) is 99.4 cm³/mol. The van der Waals surface area contributed by atoms with Gasteiger partial charge in [0, 0.05) is 23.7 Å². The number of carbonyl (C=O) groups is 1. The van der Waals surface area contributed by atoms with Gasteiger partial charge in [0.25, 0.3) is 5.91 Å². The Morgan fingerprint density at radius 1 is 1.08 bits per heavy atom. The first kappa shape index (κ1) is 19.4. The van der Waals surface area contributed by atoms with Crippen LogP contribution >= 0.6 is 11.6 Å². The highest BCUT2D eigenvalue weighted by atomic mass is 35.5. The molecule has 0 atom stereocenters. The Balaban J connectivity index is 2.01. The van der Waals surface area contributed by atoms with Gasteiger partial charge in [-0.1, -0.05) is 36.7 Å². The van der Waals surface area contributed by atoms with E-state index in [2.05, 4.69) is 10.0 Å². The first-order chi connectivity index (χ1) is 11.9. The fourth-order valence-corrected chi connectivity index (χ4v) is 3.41. The van der Waals surface area contributed by atoms with E-state index in [1.807, 2.05) is 19.1 Å². The number of sulfonamides is 1. The Morgan fingerprint density at radius 2 is 1.80 bits per heavy atom. The molecule has 7 heteroatoms. The molecule has 0 saturated heterocycles. The number of halogens is 1. The maximum Gasteiger partial charge on any atom is 0.251 e. The Kier molecular flexibility index (Phi) is 6.99. The zero-order valence-corrected chi connectivity index (χ0v) is 15.5. The second-order valence-electron chi connectivity index (χ2n) is 5.56. The number of nitrogens with one attached hydrogen (secondary N) is 2. The fraction of sp³-hybridized carbons (Fsp3) is 0.278. The Hall–Kier alpha value is -1.89. The normalized spacial score (nSPS) is 11.3. The molecule has 0 unspecified atom stereocenters. The molecule has 0 aliphatic heterocycles. The van der Waals surface area contributed by atoms with Crippen LogP contribution in [0.15, 0.2) is 53.4 Å². The van der Waals surface area contributed by atoms with Gasteiger partial charge >= 0.3 is 0 Å². The topological polar surface area (TPSA) is 75.3 Å². The summed E-state index contributed by atoms with van der Waals surface area (Å²) in [6.07, 6.45) is 1.36. The molecule has 0 fully saturated rings. The van der Waals surface area contributed by atoms with E-state index < -0.39 is 10.0 Å². The van der Waals surface area contributed by atoms with Gasteiger partial charge in [0.1, 0.15) is 0 Å². The first-order valence-electron chi connectivity index (χ1n) is 8.05. The molecule has 0 aliphatic carbocycles. The van der Waals surface area contributed by atoms with Crippen molar-refractivity contribution in [2.24, 2.45) is 0 Å². The van der Waals surface area contributed by atoms with E-state index in [-0.39, 0.29) is 17.3 Å². The van der Waals surface area contributed by atoms with Crippen LogP contribution in [0.3, 0.4) is 0 Å². The molecule has 0 aliphatic rings. The molecule has 0 heterocycles. The highest BCUT2D eigenvalue weighted by Gasteiger charge is 2.15. The van der Waals surface area contributed by atoms with Crippen LogP contribution in [0.2, 0.25) is 5.02 Å². The molecule has 0 radical (unpaired) electrons. The van der Waals surface area contributed by atoms with Crippen LogP contribution < -0.4 is 10.0 Å². The van der Waals surface area contributed by atoms with Crippen LogP contribution in [0.1, 0.15) is 29.3 Å². The zero-order chi connectivity index (χ0) is 18.3.